The van der Waals surface area contributed by atoms with Crippen LogP contribution in [0.25, 0.3) is 0 Å². The van der Waals surface area contributed by atoms with Gasteiger partial charge in [0.2, 0.25) is 5.91 Å². The van der Waals surface area contributed by atoms with Crippen LogP contribution in [0, 0.1) is 11.8 Å². The van der Waals surface area contributed by atoms with E-state index < -0.39 is 6.09 Å². The van der Waals surface area contributed by atoms with E-state index in [1.54, 1.807) is 0 Å². The minimum absolute atomic E-state index is 0.0573. The Balaban J connectivity index is 1.65. The summed E-state index contributed by atoms with van der Waals surface area (Å²) in [6.07, 6.45) is 10.0. The van der Waals surface area contributed by atoms with Crippen molar-refractivity contribution < 1.29 is 14.7 Å². The van der Waals surface area contributed by atoms with E-state index in [0.29, 0.717) is 6.42 Å². The van der Waals surface area contributed by atoms with Gasteiger partial charge in [-0.15, -0.1) is 0 Å². The Kier molecular flexibility index (Phi) is 13.9. The number of benzene rings is 2. The number of nitrogens with one attached hydrogen (secondary N) is 2. The van der Waals surface area contributed by atoms with Crippen molar-refractivity contribution in [3.8, 4) is 0 Å². The second-order valence-corrected chi connectivity index (χ2v) is 11.6. The van der Waals surface area contributed by atoms with Crippen LogP contribution in [0.3, 0.4) is 0 Å². The van der Waals surface area contributed by atoms with Crippen LogP contribution in [0.4, 0.5) is 10.5 Å². The molecule has 0 aliphatic heterocycles. The molecule has 0 fully saturated rings. The molecule has 0 aliphatic carbocycles. The highest BCUT2D eigenvalue weighted by Crippen LogP contribution is 2.32. The minimum atomic E-state index is -0.927. The first-order valence-electron chi connectivity index (χ1n) is 14.8. The number of nitrogen functional groups attached to an aromatic ring is 1. The molecule has 0 heterocycles. The summed E-state index contributed by atoms with van der Waals surface area (Å²) in [5.41, 5.74) is 8.47. The zero-order chi connectivity index (χ0) is 28.7. The molecule has 6 heteroatoms. The number of carboxylic acid groups (broad SMARTS) is 1. The number of anilines is 1. The molecule has 2 rings (SSSR count). The van der Waals surface area contributed by atoms with Gasteiger partial charge in [0.05, 0.1) is 6.04 Å². The van der Waals surface area contributed by atoms with Crippen molar-refractivity contribution >= 4 is 17.7 Å². The molecule has 0 saturated heterocycles. The van der Waals surface area contributed by atoms with Crippen LogP contribution in [0.15, 0.2) is 54.6 Å². The third-order valence-corrected chi connectivity index (χ3v) is 8.10. The molecule has 216 valence electrons. The number of amides is 2. The van der Waals surface area contributed by atoms with Gasteiger partial charge >= 0.3 is 6.09 Å². The summed E-state index contributed by atoms with van der Waals surface area (Å²) in [6.45, 7) is 8.44. The molecule has 2 aromatic rings. The average molecular weight is 538 g/mol. The molecular weight excluding hydrogens is 486 g/mol. The molecule has 0 saturated carbocycles. The van der Waals surface area contributed by atoms with Crippen LogP contribution >= 0.6 is 0 Å². The van der Waals surface area contributed by atoms with Crippen LogP contribution in [0.1, 0.15) is 109 Å². The number of nitrogens with two attached hydrogens (primary N) is 1. The van der Waals surface area contributed by atoms with E-state index in [-0.39, 0.29) is 29.3 Å². The van der Waals surface area contributed by atoms with Crippen molar-refractivity contribution in [1.29, 1.82) is 0 Å². The molecule has 0 spiro atoms. The summed E-state index contributed by atoms with van der Waals surface area (Å²) in [6, 6.07) is 17.9. The third kappa shape index (κ3) is 11.3. The first kappa shape index (κ1) is 32.2. The Morgan fingerprint density at radius 1 is 0.795 bits per heavy atom. The molecule has 1 unspecified atom stereocenters. The van der Waals surface area contributed by atoms with Gasteiger partial charge in [0.1, 0.15) is 0 Å². The molecule has 39 heavy (non-hydrogen) atoms. The zero-order valence-corrected chi connectivity index (χ0v) is 24.5. The maximum absolute atomic E-state index is 12.7. The molecule has 1 atom stereocenters. The van der Waals surface area contributed by atoms with Gasteiger partial charge < -0.3 is 21.5 Å². The Hall–Kier alpha value is -3.02. The highest BCUT2D eigenvalue weighted by atomic mass is 16.4. The largest absolute Gasteiger partial charge is 0.465 e. The first-order valence-corrected chi connectivity index (χ1v) is 14.8. The van der Waals surface area contributed by atoms with E-state index >= 15 is 0 Å². The van der Waals surface area contributed by atoms with Crippen molar-refractivity contribution in [2.24, 2.45) is 11.8 Å². The quantitative estimate of drug-likeness (QED) is 0.115. The number of rotatable bonds is 18. The lowest BCUT2D eigenvalue weighted by molar-refractivity contribution is -0.122. The van der Waals surface area contributed by atoms with E-state index in [0.717, 1.165) is 61.8 Å². The first-order chi connectivity index (χ1) is 18.6. The maximum atomic E-state index is 12.7. The number of unbranched alkanes of at least 4 members (excludes halogenated alkanes) is 7. The highest BCUT2D eigenvalue weighted by molar-refractivity contribution is 5.76. The number of carbonyl (C=O) groups is 2. The van der Waals surface area contributed by atoms with E-state index in [1.165, 1.54) is 19.3 Å². The fraction of sp³-hybridized carbons (Fsp3) is 0.576. The van der Waals surface area contributed by atoms with E-state index in [4.69, 9.17) is 5.73 Å². The van der Waals surface area contributed by atoms with Crippen molar-refractivity contribution in [2.75, 3.05) is 5.73 Å². The predicted molar refractivity (Wildman–Crippen MR) is 162 cm³/mol. The summed E-state index contributed by atoms with van der Waals surface area (Å²) in [7, 11) is 0. The van der Waals surface area contributed by atoms with Crippen molar-refractivity contribution in [3.05, 3.63) is 65.7 Å². The standard InChI is InChI=1S/C33H51N3O3/c1-25(2)33(26(3)4,36-32(38)39)23-15-10-8-6-5-7-9-14-18-31(37)35-30(28-16-12-11-13-17-28)24-27-19-21-29(34)22-20-27/h11-13,16-17,19-22,25-26,30,36H,5-10,14-15,18,23-24,34H2,1-4H3,(H,35,37)(H,38,39). The van der Waals surface area contributed by atoms with Crippen molar-refractivity contribution in [3.63, 3.8) is 0 Å². The monoisotopic (exact) mass is 537 g/mol. The lowest BCUT2D eigenvalue weighted by Gasteiger charge is -2.41. The average Bonchev–Trinajstić information content (AvgIpc) is 2.89. The Bertz CT molecular complexity index is 965. The topological polar surface area (TPSA) is 104 Å². The molecule has 2 amide bonds. The molecule has 0 bridgehead atoms. The summed E-state index contributed by atoms with van der Waals surface area (Å²) >= 11 is 0. The van der Waals surface area contributed by atoms with Gasteiger partial charge in [0.15, 0.2) is 0 Å². The lowest BCUT2D eigenvalue weighted by Crippen LogP contribution is -2.55. The van der Waals surface area contributed by atoms with Gasteiger partial charge in [-0.25, -0.2) is 4.79 Å². The normalized spacial score (nSPS) is 12.5. The van der Waals surface area contributed by atoms with Crippen LogP contribution in [0.5, 0.6) is 0 Å². The van der Waals surface area contributed by atoms with Crippen molar-refractivity contribution in [1.82, 2.24) is 10.6 Å². The van der Waals surface area contributed by atoms with Crippen LogP contribution in [-0.2, 0) is 11.2 Å². The predicted octanol–water partition coefficient (Wildman–Crippen LogP) is 7.89. The fourth-order valence-electron chi connectivity index (χ4n) is 5.65. The Morgan fingerprint density at radius 2 is 1.33 bits per heavy atom. The van der Waals surface area contributed by atoms with Gasteiger partial charge in [0, 0.05) is 17.6 Å². The second-order valence-electron chi connectivity index (χ2n) is 11.6. The Labute approximate surface area is 236 Å². The fourth-order valence-corrected chi connectivity index (χ4v) is 5.65. The van der Waals surface area contributed by atoms with Gasteiger partial charge in [-0.3, -0.25) is 4.79 Å². The zero-order valence-electron chi connectivity index (χ0n) is 24.5. The molecule has 6 nitrogen and oxygen atoms in total. The summed E-state index contributed by atoms with van der Waals surface area (Å²) in [4.78, 5) is 24.1. The van der Waals surface area contributed by atoms with Crippen LogP contribution in [-0.4, -0.2) is 22.6 Å². The van der Waals surface area contributed by atoms with Gasteiger partial charge in [-0.1, -0.05) is 115 Å². The second kappa shape index (κ2) is 16.8. The number of carbonyl (C=O) groups excluding carboxylic acids is 1. The minimum Gasteiger partial charge on any atom is -0.465 e. The Morgan fingerprint density at radius 3 is 1.87 bits per heavy atom. The van der Waals surface area contributed by atoms with Crippen molar-refractivity contribution in [2.45, 2.75) is 110 Å². The van der Waals surface area contributed by atoms with E-state index in [9.17, 15) is 14.7 Å². The maximum Gasteiger partial charge on any atom is 0.405 e. The molecule has 0 aliphatic rings. The van der Waals surface area contributed by atoms with Crippen LogP contribution in [0.2, 0.25) is 0 Å². The molecular formula is C33H51N3O3. The molecule has 0 radical (unpaired) electrons. The molecule has 2 aromatic carbocycles. The highest BCUT2D eigenvalue weighted by Gasteiger charge is 2.37. The number of hydrogen-bond donors (Lipinski definition) is 4. The van der Waals surface area contributed by atoms with E-state index in [2.05, 4.69) is 50.5 Å². The number of hydrogen-bond acceptors (Lipinski definition) is 3. The summed E-state index contributed by atoms with van der Waals surface area (Å²) in [5, 5.41) is 15.4. The molecule has 5 N–H and O–H groups in total. The van der Waals surface area contributed by atoms with Gasteiger partial charge in [-0.2, -0.15) is 0 Å². The SMILES string of the molecule is CC(C)C(CCCCCCCCCCC(=O)NC(Cc1ccc(N)cc1)c1ccccc1)(NC(=O)O)C(C)C. The van der Waals surface area contributed by atoms with Gasteiger partial charge in [0.25, 0.3) is 0 Å². The van der Waals surface area contributed by atoms with Gasteiger partial charge in [-0.05, 0) is 54.4 Å². The summed E-state index contributed by atoms with van der Waals surface area (Å²) < 4.78 is 0. The van der Waals surface area contributed by atoms with Crippen LogP contribution < -0.4 is 16.4 Å². The molecule has 0 aromatic heterocycles. The van der Waals surface area contributed by atoms with E-state index in [1.807, 2.05) is 42.5 Å². The lowest BCUT2D eigenvalue weighted by atomic mass is 9.73. The smallest absolute Gasteiger partial charge is 0.405 e. The third-order valence-electron chi connectivity index (χ3n) is 8.10. The summed E-state index contributed by atoms with van der Waals surface area (Å²) in [5.74, 6) is 0.617.